The van der Waals surface area contributed by atoms with Crippen LogP contribution in [0.2, 0.25) is 10.3 Å². The number of nitrogens with zero attached hydrogens (tertiary/aromatic N) is 2. The van der Waals surface area contributed by atoms with Crippen LogP contribution >= 0.6 is 23.2 Å². The molecule has 1 N–H and O–H groups in total. The molecular weight excluding hydrogens is 330 g/mol. The van der Waals surface area contributed by atoms with Gasteiger partial charge in [-0.15, -0.1) is 0 Å². The molecule has 1 amide bonds. The summed E-state index contributed by atoms with van der Waals surface area (Å²) in [6.45, 7) is 0. The third-order valence-electron chi connectivity index (χ3n) is 3.51. The van der Waals surface area contributed by atoms with Gasteiger partial charge >= 0.3 is 6.18 Å². The van der Waals surface area contributed by atoms with E-state index in [-0.39, 0.29) is 28.8 Å². The number of nitrogens with one attached hydrogen (secondary N) is 1. The van der Waals surface area contributed by atoms with Crippen LogP contribution in [-0.2, 0) is 4.79 Å². The Morgan fingerprint density at radius 2 is 1.86 bits per heavy atom. The molecule has 0 bridgehead atoms. The lowest BCUT2D eigenvalue weighted by atomic mass is 9.80. The molecular formula is C12H12Cl2F3N3O. The second kappa shape index (κ2) is 6.36. The highest BCUT2D eigenvalue weighted by molar-refractivity contribution is 6.38. The standard InChI is InChI=1S/C12H12Cl2F3N3O/c13-9-8(10(14)19-5-18-9)20-11(21)6-2-1-3-7(4-6)12(15,16)17/h5-7H,1-4H2,(H,20,21). The van der Waals surface area contributed by atoms with Gasteiger partial charge in [0.2, 0.25) is 5.91 Å². The first-order valence-corrected chi connectivity index (χ1v) is 7.08. The molecule has 1 saturated carbocycles. The van der Waals surface area contributed by atoms with E-state index in [9.17, 15) is 18.0 Å². The van der Waals surface area contributed by atoms with E-state index in [4.69, 9.17) is 23.2 Å². The average molecular weight is 342 g/mol. The molecule has 0 spiro atoms. The molecule has 2 rings (SSSR count). The third-order valence-corrected chi connectivity index (χ3v) is 4.08. The van der Waals surface area contributed by atoms with Gasteiger partial charge < -0.3 is 5.32 Å². The summed E-state index contributed by atoms with van der Waals surface area (Å²) < 4.78 is 38.2. The molecule has 1 aliphatic rings. The highest BCUT2D eigenvalue weighted by atomic mass is 35.5. The normalized spacial score (nSPS) is 22.9. The summed E-state index contributed by atoms with van der Waals surface area (Å²) >= 11 is 11.6. The van der Waals surface area contributed by atoms with Crippen LogP contribution in [0.3, 0.4) is 0 Å². The van der Waals surface area contributed by atoms with Crippen LogP contribution in [0.15, 0.2) is 6.33 Å². The van der Waals surface area contributed by atoms with Crippen molar-refractivity contribution in [2.45, 2.75) is 31.9 Å². The van der Waals surface area contributed by atoms with E-state index < -0.39 is 23.9 Å². The first kappa shape index (κ1) is 16.3. The number of halogens is 5. The maximum Gasteiger partial charge on any atom is 0.391 e. The molecule has 4 nitrogen and oxygen atoms in total. The van der Waals surface area contributed by atoms with Crippen molar-refractivity contribution in [2.24, 2.45) is 11.8 Å². The second-order valence-electron chi connectivity index (χ2n) is 4.92. The van der Waals surface area contributed by atoms with Crippen molar-refractivity contribution in [3.05, 3.63) is 16.6 Å². The summed E-state index contributed by atoms with van der Waals surface area (Å²) in [4.78, 5) is 19.4. The van der Waals surface area contributed by atoms with Gasteiger partial charge in [0, 0.05) is 5.92 Å². The first-order valence-electron chi connectivity index (χ1n) is 6.32. The highest BCUT2D eigenvalue weighted by Gasteiger charge is 2.43. The minimum absolute atomic E-state index is 0.0277. The Balaban J connectivity index is 2.07. The Morgan fingerprint density at radius 3 is 2.43 bits per heavy atom. The van der Waals surface area contributed by atoms with E-state index >= 15 is 0 Å². The van der Waals surface area contributed by atoms with Crippen LogP contribution < -0.4 is 5.32 Å². The Bertz CT molecular complexity index is 519. The quantitative estimate of drug-likeness (QED) is 0.824. The Hall–Kier alpha value is -1.08. The zero-order chi connectivity index (χ0) is 15.6. The molecule has 1 aliphatic carbocycles. The molecule has 1 heterocycles. The van der Waals surface area contributed by atoms with Crippen LogP contribution in [0.25, 0.3) is 0 Å². The molecule has 2 unspecified atom stereocenters. The van der Waals surface area contributed by atoms with Crippen molar-refractivity contribution in [1.29, 1.82) is 0 Å². The van der Waals surface area contributed by atoms with Crippen molar-refractivity contribution in [3.63, 3.8) is 0 Å². The minimum atomic E-state index is -4.27. The summed E-state index contributed by atoms with van der Waals surface area (Å²) in [5.74, 6) is -2.71. The predicted octanol–water partition coefficient (Wildman–Crippen LogP) is 4.09. The molecule has 1 fully saturated rings. The number of rotatable bonds is 2. The van der Waals surface area contributed by atoms with E-state index in [1.807, 2.05) is 0 Å². The molecule has 116 valence electrons. The zero-order valence-electron chi connectivity index (χ0n) is 10.8. The van der Waals surface area contributed by atoms with E-state index in [0.29, 0.717) is 12.8 Å². The van der Waals surface area contributed by atoms with Crippen LogP contribution in [-0.4, -0.2) is 22.1 Å². The molecule has 0 aromatic carbocycles. The van der Waals surface area contributed by atoms with Gasteiger partial charge in [0.25, 0.3) is 0 Å². The van der Waals surface area contributed by atoms with Gasteiger partial charge in [-0.25, -0.2) is 9.97 Å². The fourth-order valence-electron chi connectivity index (χ4n) is 2.40. The monoisotopic (exact) mass is 341 g/mol. The predicted molar refractivity (Wildman–Crippen MR) is 72.2 cm³/mol. The molecule has 2 atom stereocenters. The average Bonchev–Trinajstić information content (AvgIpc) is 2.42. The van der Waals surface area contributed by atoms with Crippen LogP contribution in [0.5, 0.6) is 0 Å². The molecule has 0 radical (unpaired) electrons. The number of carbonyl (C=O) groups excluding carboxylic acids is 1. The van der Waals surface area contributed by atoms with Gasteiger partial charge in [0.1, 0.15) is 12.0 Å². The summed E-state index contributed by atoms with van der Waals surface area (Å²) in [6, 6.07) is 0. The van der Waals surface area contributed by atoms with Crippen LogP contribution in [0.1, 0.15) is 25.7 Å². The van der Waals surface area contributed by atoms with E-state index in [1.54, 1.807) is 0 Å². The third kappa shape index (κ3) is 3.97. The molecule has 1 aromatic heterocycles. The van der Waals surface area contributed by atoms with Crippen molar-refractivity contribution >= 4 is 34.8 Å². The number of hydrogen-bond donors (Lipinski definition) is 1. The maximum absolute atomic E-state index is 12.7. The van der Waals surface area contributed by atoms with Gasteiger partial charge in [-0.3, -0.25) is 4.79 Å². The number of anilines is 1. The topological polar surface area (TPSA) is 54.9 Å². The minimum Gasteiger partial charge on any atom is -0.321 e. The molecule has 0 saturated heterocycles. The summed E-state index contributed by atoms with van der Waals surface area (Å²) in [6.07, 6.45) is -2.55. The van der Waals surface area contributed by atoms with E-state index in [0.717, 1.165) is 6.33 Å². The van der Waals surface area contributed by atoms with E-state index in [2.05, 4.69) is 15.3 Å². The number of carbonyl (C=O) groups is 1. The summed E-state index contributed by atoms with van der Waals surface area (Å²) in [5, 5.41) is 2.33. The van der Waals surface area contributed by atoms with Crippen molar-refractivity contribution in [2.75, 3.05) is 5.32 Å². The van der Waals surface area contributed by atoms with Crippen molar-refractivity contribution in [3.8, 4) is 0 Å². The lowest BCUT2D eigenvalue weighted by Crippen LogP contribution is -2.34. The largest absolute Gasteiger partial charge is 0.391 e. The van der Waals surface area contributed by atoms with Crippen molar-refractivity contribution in [1.82, 2.24) is 9.97 Å². The second-order valence-corrected chi connectivity index (χ2v) is 5.64. The van der Waals surface area contributed by atoms with Gasteiger partial charge in [-0.05, 0) is 19.3 Å². The fraction of sp³-hybridized carbons (Fsp3) is 0.583. The van der Waals surface area contributed by atoms with Crippen LogP contribution in [0, 0.1) is 11.8 Å². The highest BCUT2D eigenvalue weighted by Crippen LogP contribution is 2.40. The van der Waals surface area contributed by atoms with Gasteiger partial charge in [0.15, 0.2) is 10.3 Å². The van der Waals surface area contributed by atoms with E-state index in [1.165, 1.54) is 0 Å². The number of alkyl halides is 3. The lowest BCUT2D eigenvalue weighted by Gasteiger charge is -2.29. The number of amides is 1. The van der Waals surface area contributed by atoms with Gasteiger partial charge in [0.05, 0.1) is 5.92 Å². The summed E-state index contributed by atoms with van der Waals surface area (Å²) in [5.41, 5.74) is 0.0277. The van der Waals surface area contributed by atoms with Crippen LogP contribution in [0.4, 0.5) is 18.9 Å². The first-order chi connectivity index (χ1) is 9.79. The molecule has 9 heteroatoms. The molecule has 1 aromatic rings. The Morgan fingerprint density at radius 1 is 1.24 bits per heavy atom. The number of hydrogen-bond acceptors (Lipinski definition) is 3. The molecule has 21 heavy (non-hydrogen) atoms. The molecule has 0 aliphatic heterocycles. The van der Waals surface area contributed by atoms with Crippen molar-refractivity contribution < 1.29 is 18.0 Å². The summed E-state index contributed by atoms with van der Waals surface area (Å²) in [7, 11) is 0. The Kier molecular flexibility index (Phi) is 4.93. The smallest absolute Gasteiger partial charge is 0.321 e. The number of aromatic nitrogens is 2. The van der Waals surface area contributed by atoms with Gasteiger partial charge in [-0.1, -0.05) is 29.6 Å². The zero-order valence-corrected chi connectivity index (χ0v) is 12.3. The van der Waals surface area contributed by atoms with Gasteiger partial charge in [-0.2, -0.15) is 13.2 Å². The maximum atomic E-state index is 12.7. The Labute approximate surface area is 129 Å². The lowest BCUT2D eigenvalue weighted by molar-refractivity contribution is -0.185. The SMILES string of the molecule is O=C(Nc1c(Cl)ncnc1Cl)C1CCCC(C(F)(F)F)C1. The fourth-order valence-corrected chi connectivity index (χ4v) is 2.81.